The molecule has 0 fully saturated rings. The molecule has 3 nitrogen and oxygen atoms in total. The normalized spacial score (nSPS) is 16.5. The Bertz CT molecular complexity index is 907. The van der Waals surface area contributed by atoms with Crippen LogP contribution in [0.3, 0.4) is 0 Å². The zero-order valence-electron chi connectivity index (χ0n) is 13.4. The summed E-state index contributed by atoms with van der Waals surface area (Å²) in [6.45, 7) is 4.09. The van der Waals surface area contributed by atoms with Crippen LogP contribution in [0.5, 0.6) is 0 Å². The Morgan fingerprint density at radius 3 is 2.78 bits per heavy atom. The highest BCUT2D eigenvalue weighted by Gasteiger charge is 2.27. The lowest BCUT2D eigenvalue weighted by Gasteiger charge is -2.13. The van der Waals surface area contributed by atoms with E-state index in [4.69, 9.17) is 0 Å². The summed E-state index contributed by atoms with van der Waals surface area (Å²) in [6.07, 6.45) is 1.77. The average molecular weight is 304 g/mol. The molecule has 0 spiro atoms. The Hall–Kier alpha value is -2.55. The van der Waals surface area contributed by atoms with Gasteiger partial charge >= 0.3 is 0 Å². The first-order chi connectivity index (χ1) is 11.1. The minimum atomic E-state index is 0.0266. The number of rotatable bonds is 2. The molecule has 1 aliphatic carbocycles. The number of aryl methyl sites for hydroxylation is 2. The van der Waals surface area contributed by atoms with Crippen LogP contribution in [0, 0.1) is 13.8 Å². The van der Waals surface area contributed by atoms with Crippen molar-refractivity contribution in [3.05, 3.63) is 70.4 Å². The van der Waals surface area contributed by atoms with Gasteiger partial charge in [-0.05, 0) is 49.6 Å². The van der Waals surface area contributed by atoms with Gasteiger partial charge in [0.1, 0.15) is 0 Å². The van der Waals surface area contributed by atoms with Crippen LogP contribution in [0.25, 0.3) is 10.9 Å². The first-order valence-corrected chi connectivity index (χ1v) is 8.08. The summed E-state index contributed by atoms with van der Waals surface area (Å²) in [6, 6.07) is 14.4. The first-order valence-electron chi connectivity index (χ1n) is 8.08. The number of amides is 1. The number of fused-ring (bicyclic) bond motifs is 3. The summed E-state index contributed by atoms with van der Waals surface area (Å²) in [5.41, 5.74) is 6.88. The third-order valence-corrected chi connectivity index (χ3v) is 4.78. The standard InChI is InChI=1S/C20H20N2O/c1-12-7-8-18-16(9-12)17-10-14(11-19(17)22-18)21-20(23)15-6-4-3-5-13(15)2/h3-9,14,22H,10-11H2,1-2H3,(H,21,23). The molecule has 1 heterocycles. The fraction of sp³-hybridized carbons (Fsp3) is 0.250. The third kappa shape index (κ3) is 2.42. The smallest absolute Gasteiger partial charge is 0.251 e. The summed E-state index contributed by atoms with van der Waals surface area (Å²) < 4.78 is 0. The summed E-state index contributed by atoms with van der Waals surface area (Å²) in [7, 11) is 0. The molecule has 1 unspecified atom stereocenters. The lowest BCUT2D eigenvalue weighted by molar-refractivity contribution is 0.0938. The topological polar surface area (TPSA) is 44.9 Å². The van der Waals surface area contributed by atoms with Gasteiger partial charge in [0.05, 0.1) is 0 Å². The SMILES string of the molecule is Cc1ccc2[nH]c3c(c2c1)CC(NC(=O)c1ccccc1C)C3. The number of aromatic amines is 1. The molecular weight excluding hydrogens is 284 g/mol. The van der Waals surface area contributed by atoms with Gasteiger partial charge in [0.25, 0.3) is 5.91 Å². The quantitative estimate of drug-likeness (QED) is 0.745. The van der Waals surface area contributed by atoms with Gasteiger partial charge in [-0.3, -0.25) is 4.79 Å². The molecule has 1 atom stereocenters. The van der Waals surface area contributed by atoms with Crippen LogP contribution in [0.2, 0.25) is 0 Å². The van der Waals surface area contributed by atoms with Crippen LogP contribution in [-0.4, -0.2) is 16.9 Å². The maximum absolute atomic E-state index is 12.5. The number of nitrogens with one attached hydrogen (secondary N) is 2. The largest absolute Gasteiger partial charge is 0.358 e. The predicted octanol–water partition coefficient (Wildman–Crippen LogP) is 3.68. The number of carbonyl (C=O) groups is 1. The third-order valence-electron chi connectivity index (χ3n) is 4.78. The molecule has 0 radical (unpaired) electrons. The Morgan fingerprint density at radius 2 is 1.96 bits per heavy atom. The van der Waals surface area contributed by atoms with Gasteiger partial charge in [0.2, 0.25) is 0 Å². The maximum Gasteiger partial charge on any atom is 0.251 e. The number of H-pyrrole nitrogens is 1. The maximum atomic E-state index is 12.5. The van der Waals surface area contributed by atoms with E-state index >= 15 is 0 Å². The van der Waals surface area contributed by atoms with Gasteiger partial charge in [0.15, 0.2) is 0 Å². The number of hydrogen-bond acceptors (Lipinski definition) is 1. The van der Waals surface area contributed by atoms with Crippen molar-refractivity contribution in [2.75, 3.05) is 0 Å². The van der Waals surface area contributed by atoms with Crippen LogP contribution in [0.15, 0.2) is 42.5 Å². The van der Waals surface area contributed by atoms with Crippen LogP contribution >= 0.6 is 0 Å². The van der Waals surface area contributed by atoms with Gasteiger partial charge in [-0.1, -0.05) is 29.8 Å². The number of aromatic nitrogens is 1. The van der Waals surface area contributed by atoms with Gasteiger partial charge in [-0.2, -0.15) is 0 Å². The van der Waals surface area contributed by atoms with Crippen molar-refractivity contribution < 1.29 is 4.79 Å². The van der Waals surface area contributed by atoms with E-state index in [-0.39, 0.29) is 11.9 Å². The molecule has 116 valence electrons. The highest BCUT2D eigenvalue weighted by atomic mass is 16.1. The van der Waals surface area contributed by atoms with Gasteiger partial charge in [-0.15, -0.1) is 0 Å². The molecule has 23 heavy (non-hydrogen) atoms. The van der Waals surface area contributed by atoms with E-state index in [0.717, 1.165) is 24.0 Å². The lowest BCUT2D eigenvalue weighted by Crippen LogP contribution is -2.35. The van der Waals surface area contributed by atoms with E-state index in [1.165, 1.54) is 27.7 Å². The van der Waals surface area contributed by atoms with Crippen molar-refractivity contribution in [3.8, 4) is 0 Å². The molecule has 3 aromatic rings. The Morgan fingerprint density at radius 1 is 1.13 bits per heavy atom. The molecule has 0 bridgehead atoms. The Kier molecular flexibility index (Phi) is 3.22. The molecule has 0 aliphatic heterocycles. The summed E-state index contributed by atoms with van der Waals surface area (Å²) >= 11 is 0. The van der Waals surface area contributed by atoms with Crippen LogP contribution in [-0.2, 0) is 12.8 Å². The highest BCUT2D eigenvalue weighted by molar-refractivity contribution is 5.96. The van der Waals surface area contributed by atoms with E-state index in [1.807, 2.05) is 31.2 Å². The molecule has 3 heteroatoms. The molecule has 0 saturated carbocycles. The van der Waals surface area contributed by atoms with E-state index in [1.54, 1.807) is 0 Å². The average Bonchev–Trinajstić information content (AvgIpc) is 3.05. The molecule has 1 amide bonds. The van der Waals surface area contributed by atoms with E-state index < -0.39 is 0 Å². The Balaban J connectivity index is 1.56. The molecule has 4 rings (SSSR count). The number of benzene rings is 2. The minimum Gasteiger partial charge on any atom is -0.358 e. The van der Waals surface area contributed by atoms with Crippen LogP contribution in [0.1, 0.15) is 32.7 Å². The van der Waals surface area contributed by atoms with Crippen molar-refractivity contribution in [1.82, 2.24) is 10.3 Å². The van der Waals surface area contributed by atoms with Crippen LogP contribution in [0.4, 0.5) is 0 Å². The second-order valence-corrected chi connectivity index (χ2v) is 6.52. The molecule has 1 aromatic heterocycles. The number of hydrogen-bond donors (Lipinski definition) is 2. The fourth-order valence-electron chi connectivity index (χ4n) is 3.58. The van der Waals surface area contributed by atoms with E-state index in [2.05, 4.69) is 35.4 Å². The summed E-state index contributed by atoms with van der Waals surface area (Å²) in [5, 5.41) is 4.49. The zero-order valence-corrected chi connectivity index (χ0v) is 13.4. The second kappa shape index (κ2) is 5.27. The summed E-state index contributed by atoms with van der Waals surface area (Å²) in [4.78, 5) is 16.0. The Labute approximate surface area is 135 Å². The minimum absolute atomic E-state index is 0.0266. The van der Waals surface area contributed by atoms with E-state index in [9.17, 15) is 4.79 Å². The van der Waals surface area contributed by atoms with Crippen molar-refractivity contribution in [1.29, 1.82) is 0 Å². The molecule has 2 aromatic carbocycles. The van der Waals surface area contributed by atoms with Gasteiger partial charge in [0, 0.05) is 34.6 Å². The predicted molar refractivity (Wildman–Crippen MR) is 92.9 cm³/mol. The van der Waals surface area contributed by atoms with Crippen molar-refractivity contribution >= 4 is 16.8 Å². The fourth-order valence-corrected chi connectivity index (χ4v) is 3.58. The monoisotopic (exact) mass is 304 g/mol. The lowest BCUT2D eigenvalue weighted by atomic mass is 10.1. The van der Waals surface area contributed by atoms with Crippen molar-refractivity contribution in [2.24, 2.45) is 0 Å². The molecule has 0 saturated heterocycles. The summed E-state index contributed by atoms with van der Waals surface area (Å²) in [5.74, 6) is 0.0266. The van der Waals surface area contributed by atoms with Gasteiger partial charge in [-0.25, -0.2) is 0 Å². The molecule has 1 aliphatic rings. The van der Waals surface area contributed by atoms with E-state index in [0.29, 0.717) is 0 Å². The van der Waals surface area contributed by atoms with Crippen LogP contribution < -0.4 is 5.32 Å². The van der Waals surface area contributed by atoms with Crippen molar-refractivity contribution in [3.63, 3.8) is 0 Å². The number of carbonyl (C=O) groups excluding carboxylic acids is 1. The molecular formula is C20H20N2O. The van der Waals surface area contributed by atoms with Gasteiger partial charge < -0.3 is 10.3 Å². The second-order valence-electron chi connectivity index (χ2n) is 6.52. The highest BCUT2D eigenvalue weighted by Crippen LogP contribution is 2.30. The van der Waals surface area contributed by atoms with Crippen molar-refractivity contribution in [2.45, 2.75) is 32.7 Å². The molecule has 2 N–H and O–H groups in total. The zero-order chi connectivity index (χ0) is 16.0. The first kappa shape index (κ1) is 14.1.